The molecule has 1 aromatic carbocycles. The summed E-state index contributed by atoms with van der Waals surface area (Å²) in [6.07, 6.45) is 4.85. The zero-order valence-corrected chi connectivity index (χ0v) is 12.0. The van der Waals surface area contributed by atoms with Gasteiger partial charge in [-0.3, -0.25) is 0 Å². The number of hydrogen-bond donors (Lipinski definition) is 1. The number of nitrogens with zero attached hydrogens (tertiary/aromatic N) is 1. The van der Waals surface area contributed by atoms with Crippen molar-refractivity contribution in [3.05, 3.63) is 28.2 Å². The van der Waals surface area contributed by atoms with E-state index in [4.69, 9.17) is 5.73 Å². The molecule has 0 saturated heterocycles. The Morgan fingerprint density at radius 3 is 2.71 bits per heavy atom. The van der Waals surface area contributed by atoms with Gasteiger partial charge in [0.05, 0.1) is 0 Å². The first kappa shape index (κ1) is 12.9. The van der Waals surface area contributed by atoms with Gasteiger partial charge in [0.2, 0.25) is 0 Å². The Hall–Kier alpha value is -0.540. The van der Waals surface area contributed by atoms with Gasteiger partial charge in [0.25, 0.3) is 0 Å². The Morgan fingerprint density at radius 2 is 2.18 bits per heavy atom. The predicted molar refractivity (Wildman–Crippen MR) is 77.6 cm³/mol. The molecule has 3 heteroatoms. The highest BCUT2D eigenvalue weighted by atomic mass is 79.9. The van der Waals surface area contributed by atoms with Gasteiger partial charge in [-0.25, -0.2) is 0 Å². The third-order valence-electron chi connectivity index (χ3n) is 3.23. The Labute approximate surface area is 112 Å². The monoisotopic (exact) mass is 296 g/mol. The molecule has 1 saturated carbocycles. The van der Waals surface area contributed by atoms with E-state index in [1.807, 2.05) is 0 Å². The number of halogens is 1. The van der Waals surface area contributed by atoms with Crippen LogP contribution in [0.3, 0.4) is 0 Å². The highest BCUT2D eigenvalue weighted by Crippen LogP contribution is 2.33. The van der Waals surface area contributed by atoms with E-state index in [2.05, 4.69) is 46.0 Å². The highest BCUT2D eigenvalue weighted by molar-refractivity contribution is 9.10. The fraction of sp³-hybridized carbons (Fsp3) is 0.571. The van der Waals surface area contributed by atoms with Crippen LogP contribution < -0.4 is 10.6 Å². The topological polar surface area (TPSA) is 29.3 Å². The quantitative estimate of drug-likeness (QED) is 0.872. The Balaban J connectivity index is 2.16. The summed E-state index contributed by atoms with van der Waals surface area (Å²) in [4.78, 5) is 2.54. The fourth-order valence-electron chi connectivity index (χ4n) is 2.22. The van der Waals surface area contributed by atoms with E-state index in [-0.39, 0.29) is 0 Å². The van der Waals surface area contributed by atoms with Crippen LogP contribution in [0.15, 0.2) is 22.7 Å². The summed E-state index contributed by atoms with van der Waals surface area (Å²) in [6.45, 7) is 4.11. The molecule has 0 atom stereocenters. The molecule has 1 aromatic rings. The van der Waals surface area contributed by atoms with Crippen LogP contribution in [0.25, 0.3) is 0 Å². The van der Waals surface area contributed by atoms with Gasteiger partial charge in [0.15, 0.2) is 0 Å². The molecule has 2 rings (SSSR count). The number of rotatable bonds is 6. The number of hydrogen-bond acceptors (Lipinski definition) is 2. The first-order chi connectivity index (χ1) is 8.26. The van der Waals surface area contributed by atoms with E-state index in [1.165, 1.54) is 35.0 Å². The van der Waals surface area contributed by atoms with Crippen LogP contribution >= 0.6 is 15.9 Å². The largest absolute Gasteiger partial charge is 0.369 e. The van der Waals surface area contributed by atoms with Crippen molar-refractivity contribution >= 4 is 21.6 Å². The molecule has 0 heterocycles. The lowest BCUT2D eigenvalue weighted by Gasteiger charge is -2.24. The lowest BCUT2D eigenvalue weighted by molar-refractivity contribution is 0.762. The molecule has 0 unspecified atom stereocenters. The van der Waals surface area contributed by atoms with Crippen LogP contribution in [-0.2, 0) is 6.42 Å². The summed E-state index contributed by atoms with van der Waals surface area (Å²) in [5.74, 6) is 0. The molecule has 2 nitrogen and oxygen atoms in total. The lowest BCUT2D eigenvalue weighted by Crippen LogP contribution is -2.26. The molecule has 0 radical (unpaired) electrons. The Bertz CT molecular complexity index is 374. The average molecular weight is 297 g/mol. The van der Waals surface area contributed by atoms with Crippen LogP contribution in [0, 0.1) is 0 Å². The number of nitrogens with two attached hydrogens (primary N) is 1. The smallest absolute Gasteiger partial charge is 0.0380 e. The second kappa shape index (κ2) is 5.87. The van der Waals surface area contributed by atoms with E-state index in [0.717, 1.165) is 19.0 Å². The normalized spacial score (nSPS) is 15.0. The standard InChI is InChI=1S/C14H21BrN2/c1-2-9-17(12-5-6-12)13-4-3-11(7-8-16)14(15)10-13/h3-4,10,12H,2,5-9,16H2,1H3. The minimum Gasteiger partial charge on any atom is -0.369 e. The maximum Gasteiger partial charge on any atom is 0.0380 e. The summed E-state index contributed by atoms with van der Waals surface area (Å²) < 4.78 is 1.20. The van der Waals surface area contributed by atoms with E-state index in [0.29, 0.717) is 6.54 Å². The molecule has 0 aliphatic heterocycles. The summed E-state index contributed by atoms with van der Waals surface area (Å²) in [7, 11) is 0. The molecule has 1 aliphatic carbocycles. The minimum absolute atomic E-state index is 0.708. The van der Waals surface area contributed by atoms with Gasteiger partial charge in [0.1, 0.15) is 0 Å². The van der Waals surface area contributed by atoms with Gasteiger partial charge in [-0.1, -0.05) is 28.9 Å². The van der Waals surface area contributed by atoms with Gasteiger partial charge in [0, 0.05) is 22.7 Å². The van der Waals surface area contributed by atoms with Crippen LogP contribution in [0.2, 0.25) is 0 Å². The fourth-order valence-corrected chi connectivity index (χ4v) is 2.79. The average Bonchev–Trinajstić information content (AvgIpc) is 3.13. The molecule has 0 amide bonds. The summed E-state index contributed by atoms with van der Waals surface area (Å²) in [5, 5.41) is 0. The SMILES string of the molecule is CCCN(c1ccc(CCN)c(Br)c1)C1CC1. The lowest BCUT2D eigenvalue weighted by atomic mass is 10.1. The second-order valence-electron chi connectivity index (χ2n) is 4.74. The molecular weight excluding hydrogens is 276 g/mol. The number of benzene rings is 1. The van der Waals surface area contributed by atoms with Crippen LogP contribution in [0.5, 0.6) is 0 Å². The van der Waals surface area contributed by atoms with Gasteiger partial charge in [-0.15, -0.1) is 0 Å². The molecule has 94 valence electrons. The molecule has 1 aliphatic rings. The van der Waals surface area contributed by atoms with Crippen molar-refractivity contribution in [2.75, 3.05) is 18.0 Å². The molecular formula is C14H21BrN2. The van der Waals surface area contributed by atoms with Gasteiger partial charge >= 0.3 is 0 Å². The zero-order chi connectivity index (χ0) is 12.3. The van der Waals surface area contributed by atoms with Gasteiger partial charge < -0.3 is 10.6 Å². The van der Waals surface area contributed by atoms with Crippen molar-refractivity contribution in [2.45, 2.75) is 38.6 Å². The van der Waals surface area contributed by atoms with Gasteiger partial charge in [-0.05, 0) is 49.9 Å². The number of anilines is 1. The summed E-state index contributed by atoms with van der Waals surface area (Å²) >= 11 is 3.65. The van der Waals surface area contributed by atoms with Crippen molar-refractivity contribution < 1.29 is 0 Å². The summed E-state index contributed by atoms with van der Waals surface area (Å²) in [6, 6.07) is 7.47. The van der Waals surface area contributed by atoms with Crippen molar-refractivity contribution in [1.82, 2.24) is 0 Å². The minimum atomic E-state index is 0.708. The zero-order valence-electron chi connectivity index (χ0n) is 10.5. The second-order valence-corrected chi connectivity index (χ2v) is 5.59. The maximum absolute atomic E-state index is 5.60. The van der Waals surface area contributed by atoms with Crippen molar-refractivity contribution in [1.29, 1.82) is 0 Å². The van der Waals surface area contributed by atoms with Crippen LogP contribution in [-0.4, -0.2) is 19.1 Å². The molecule has 1 fully saturated rings. The maximum atomic E-state index is 5.60. The van der Waals surface area contributed by atoms with E-state index in [9.17, 15) is 0 Å². The Morgan fingerprint density at radius 1 is 1.41 bits per heavy atom. The Kier molecular flexibility index (Phi) is 4.46. The van der Waals surface area contributed by atoms with Crippen molar-refractivity contribution in [2.24, 2.45) is 5.73 Å². The predicted octanol–water partition coefficient (Wildman–Crippen LogP) is 3.33. The molecule has 0 aromatic heterocycles. The van der Waals surface area contributed by atoms with E-state index in [1.54, 1.807) is 0 Å². The first-order valence-electron chi connectivity index (χ1n) is 6.51. The van der Waals surface area contributed by atoms with Crippen LogP contribution in [0.4, 0.5) is 5.69 Å². The molecule has 0 spiro atoms. The molecule has 17 heavy (non-hydrogen) atoms. The first-order valence-corrected chi connectivity index (χ1v) is 7.30. The van der Waals surface area contributed by atoms with E-state index < -0.39 is 0 Å². The van der Waals surface area contributed by atoms with Crippen molar-refractivity contribution in [3.8, 4) is 0 Å². The van der Waals surface area contributed by atoms with E-state index >= 15 is 0 Å². The molecule has 0 bridgehead atoms. The van der Waals surface area contributed by atoms with Crippen molar-refractivity contribution in [3.63, 3.8) is 0 Å². The third kappa shape index (κ3) is 3.23. The third-order valence-corrected chi connectivity index (χ3v) is 3.97. The summed E-state index contributed by atoms with van der Waals surface area (Å²) in [5.41, 5.74) is 8.26. The molecule has 2 N–H and O–H groups in total. The van der Waals surface area contributed by atoms with Gasteiger partial charge in [-0.2, -0.15) is 0 Å². The van der Waals surface area contributed by atoms with Crippen LogP contribution in [0.1, 0.15) is 31.7 Å². The highest BCUT2D eigenvalue weighted by Gasteiger charge is 2.28.